The highest BCUT2D eigenvalue weighted by molar-refractivity contribution is 5.91. The summed E-state index contributed by atoms with van der Waals surface area (Å²) in [7, 11) is 1.63. The normalized spacial score (nSPS) is 17.9. The number of methoxy groups -OCH3 is 1. The molecule has 2 atom stereocenters. The maximum atomic E-state index is 13.4. The number of ether oxygens (including phenoxy) is 1. The lowest BCUT2D eigenvalue weighted by Crippen LogP contribution is -2.57. The Labute approximate surface area is 210 Å². The van der Waals surface area contributed by atoms with Crippen LogP contribution in [0.5, 0.6) is 5.75 Å². The minimum atomic E-state index is -0.246. The highest BCUT2D eigenvalue weighted by Crippen LogP contribution is 2.35. The fraction of sp³-hybridized carbons (Fsp3) is 0.321. The Morgan fingerprint density at radius 1 is 1.17 bits per heavy atom. The molecule has 1 aromatic heterocycles. The summed E-state index contributed by atoms with van der Waals surface area (Å²) < 4.78 is 18.7. The maximum absolute atomic E-state index is 13.4. The molecule has 1 aliphatic heterocycles. The van der Waals surface area contributed by atoms with Gasteiger partial charge in [0, 0.05) is 37.7 Å². The molecule has 0 unspecified atom stereocenters. The lowest BCUT2D eigenvalue weighted by atomic mass is 10.1. The Bertz CT molecular complexity index is 1290. The summed E-state index contributed by atoms with van der Waals surface area (Å²) in [4.78, 5) is 26.3. The van der Waals surface area contributed by atoms with Crippen molar-refractivity contribution in [2.75, 3.05) is 31.6 Å². The van der Waals surface area contributed by atoms with Crippen molar-refractivity contribution in [2.45, 2.75) is 32.4 Å². The van der Waals surface area contributed by atoms with E-state index in [0.717, 1.165) is 39.5 Å². The second-order valence-corrected chi connectivity index (χ2v) is 9.35. The number of nitrogens with one attached hydrogen (secondary N) is 1. The summed E-state index contributed by atoms with van der Waals surface area (Å²) in [5.41, 5.74) is 5.06. The Kier molecular flexibility index (Phi) is 6.59. The first-order chi connectivity index (χ1) is 17.4. The van der Waals surface area contributed by atoms with E-state index in [1.807, 2.05) is 36.1 Å². The van der Waals surface area contributed by atoms with Crippen LogP contribution in [0.1, 0.15) is 42.3 Å². The van der Waals surface area contributed by atoms with Crippen molar-refractivity contribution in [1.82, 2.24) is 20.2 Å². The van der Waals surface area contributed by atoms with Crippen LogP contribution in [-0.4, -0.2) is 53.7 Å². The third-order valence-corrected chi connectivity index (χ3v) is 6.96. The van der Waals surface area contributed by atoms with Crippen molar-refractivity contribution >= 4 is 23.5 Å². The fourth-order valence-corrected chi connectivity index (χ4v) is 4.93. The van der Waals surface area contributed by atoms with Crippen molar-refractivity contribution in [1.29, 1.82) is 0 Å². The first kappa shape index (κ1) is 23.8. The molecule has 36 heavy (non-hydrogen) atoms. The summed E-state index contributed by atoms with van der Waals surface area (Å²) in [6, 6.07) is 14.1. The molecule has 2 heterocycles. The summed E-state index contributed by atoms with van der Waals surface area (Å²) >= 11 is 0. The molecule has 2 aliphatic rings. The molecule has 1 aliphatic carbocycles. The number of allylic oxidation sites excluding steroid dienone is 1. The third kappa shape index (κ3) is 4.76. The molecule has 0 saturated carbocycles. The molecule has 1 saturated heterocycles. The van der Waals surface area contributed by atoms with E-state index >= 15 is 0 Å². The Morgan fingerprint density at radius 2 is 1.97 bits per heavy atom. The quantitative estimate of drug-likeness (QED) is 0.565. The summed E-state index contributed by atoms with van der Waals surface area (Å²) in [6.07, 6.45) is 4.41. The number of fused-ring (bicyclic) bond motifs is 1. The number of halogens is 1. The molecule has 5 rings (SSSR count). The Balaban J connectivity index is 1.27. The number of aromatic nitrogens is 2. The number of nitrogens with zero attached hydrogens (tertiary/aromatic N) is 4. The zero-order valence-electron chi connectivity index (χ0n) is 20.7. The SMILES string of the molecule is COc1cccc([C@H](C)NC(=O)N2CCN(c3ncnc4c3C=C(c3ccc(F)cc3)C4)C[C@H]2C)c1. The molecular formula is C28H30FN5O2. The monoisotopic (exact) mass is 487 g/mol. The minimum absolute atomic E-state index is 0.00354. The summed E-state index contributed by atoms with van der Waals surface area (Å²) in [6.45, 7) is 5.97. The predicted molar refractivity (Wildman–Crippen MR) is 138 cm³/mol. The topological polar surface area (TPSA) is 70.6 Å². The second-order valence-electron chi connectivity index (χ2n) is 9.35. The van der Waals surface area contributed by atoms with Gasteiger partial charge in [0.05, 0.1) is 18.8 Å². The first-order valence-electron chi connectivity index (χ1n) is 12.2. The number of piperazine rings is 1. The van der Waals surface area contributed by atoms with Crippen molar-refractivity contribution < 1.29 is 13.9 Å². The van der Waals surface area contributed by atoms with Crippen LogP contribution in [0.3, 0.4) is 0 Å². The van der Waals surface area contributed by atoms with Crippen LogP contribution >= 0.6 is 0 Å². The van der Waals surface area contributed by atoms with Gasteiger partial charge >= 0.3 is 6.03 Å². The molecule has 7 nitrogen and oxygen atoms in total. The van der Waals surface area contributed by atoms with Crippen LogP contribution in [0.15, 0.2) is 54.9 Å². The van der Waals surface area contributed by atoms with Gasteiger partial charge in [0.1, 0.15) is 23.7 Å². The average Bonchev–Trinajstić information content (AvgIpc) is 3.33. The zero-order chi connectivity index (χ0) is 25.2. The number of benzene rings is 2. The number of hydrogen-bond acceptors (Lipinski definition) is 5. The second kappa shape index (κ2) is 9.97. The van der Waals surface area contributed by atoms with Crippen LogP contribution < -0.4 is 15.0 Å². The van der Waals surface area contributed by atoms with E-state index < -0.39 is 0 Å². The number of urea groups is 1. The minimum Gasteiger partial charge on any atom is -0.497 e. The number of carbonyl (C=O) groups excluding carboxylic acids is 1. The van der Waals surface area contributed by atoms with E-state index in [1.165, 1.54) is 12.1 Å². The van der Waals surface area contributed by atoms with Crippen molar-refractivity contribution in [3.05, 3.63) is 83.1 Å². The van der Waals surface area contributed by atoms with E-state index in [0.29, 0.717) is 26.1 Å². The summed E-state index contributed by atoms with van der Waals surface area (Å²) in [5, 5.41) is 3.12. The van der Waals surface area contributed by atoms with Gasteiger partial charge in [-0.25, -0.2) is 19.2 Å². The lowest BCUT2D eigenvalue weighted by Gasteiger charge is -2.41. The molecule has 2 aromatic carbocycles. The molecule has 1 N–H and O–H groups in total. The molecule has 0 radical (unpaired) electrons. The molecule has 0 spiro atoms. The van der Waals surface area contributed by atoms with Crippen LogP contribution in [-0.2, 0) is 6.42 Å². The van der Waals surface area contributed by atoms with Crippen LogP contribution in [0.4, 0.5) is 15.0 Å². The molecule has 3 aromatic rings. The van der Waals surface area contributed by atoms with Gasteiger partial charge in [0.25, 0.3) is 0 Å². The van der Waals surface area contributed by atoms with Gasteiger partial charge in [-0.2, -0.15) is 0 Å². The van der Waals surface area contributed by atoms with E-state index in [2.05, 4.69) is 33.2 Å². The van der Waals surface area contributed by atoms with Gasteiger partial charge in [-0.15, -0.1) is 0 Å². The molecule has 8 heteroatoms. The Morgan fingerprint density at radius 3 is 2.72 bits per heavy atom. The van der Waals surface area contributed by atoms with Crippen molar-refractivity contribution in [3.8, 4) is 5.75 Å². The van der Waals surface area contributed by atoms with E-state index in [9.17, 15) is 9.18 Å². The van der Waals surface area contributed by atoms with Crippen LogP contribution in [0, 0.1) is 5.82 Å². The maximum Gasteiger partial charge on any atom is 0.318 e. The van der Waals surface area contributed by atoms with Crippen molar-refractivity contribution in [3.63, 3.8) is 0 Å². The Hall–Kier alpha value is -3.94. The average molecular weight is 488 g/mol. The number of anilines is 1. The van der Waals surface area contributed by atoms with Gasteiger partial charge in [-0.05, 0) is 60.9 Å². The van der Waals surface area contributed by atoms with Gasteiger partial charge in [0.2, 0.25) is 0 Å². The number of rotatable bonds is 5. The van der Waals surface area contributed by atoms with Crippen molar-refractivity contribution in [2.24, 2.45) is 0 Å². The van der Waals surface area contributed by atoms with Crippen LogP contribution in [0.2, 0.25) is 0 Å². The zero-order valence-corrected chi connectivity index (χ0v) is 20.7. The highest BCUT2D eigenvalue weighted by atomic mass is 19.1. The smallest absolute Gasteiger partial charge is 0.318 e. The van der Waals surface area contributed by atoms with E-state index in [1.54, 1.807) is 25.6 Å². The van der Waals surface area contributed by atoms with Gasteiger partial charge < -0.3 is 19.9 Å². The van der Waals surface area contributed by atoms with Gasteiger partial charge in [-0.3, -0.25) is 0 Å². The predicted octanol–water partition coefficient (Wildman–Crippen LogP) is 4.70. The van der Waals surface area contributed by atoms with E-state index in [-0.39, 0.29) is 23.9 Å². The number of amides is 2. The molecular weight excluding hydrogens is 457 g/mol. The molecule has 0 bridgehead atoms. The highest BCUT2D eigenvalue weighted by Gasteiger charge is 2.31. The number of hydrogen-bond donors (Lipinski definition) is 1. The van der Waals surface area contributed by atoms with Gasteiger partial charge in [-0.1, -0.05) is 24.3 Å². The first-order valence-corrected chi connectivity index (χ1v) is 12.2. The van der Waals surface area contributed by atoms with Gasteiger partial charge in [0.15, 0.2) is 0 Å². The third-order valence-electron chi connectivity index (χ3n) is 6.96. The number of carbonyl (C=O) groups is 1. The van der Waals surface area contributed by atoms with Crippen LogP contribution in [0.25, 0.3) is 11.6 Å². The largest absolute Gasteiger partial charge is 0.497 e. The summed E-state index contributed by atoms with van der Waals surface area (Å²) in [5.74, 6) is 1.41. The molecule has 1 fully saturated rings. The lowest BCUT2D eigenvalue weighted by molar-refractivity contribution is 0.168. The standard InChI is InChI=1S/C28H30FN5O2/c1-18-16-33(11-12-34(18)28(35)32-19(2)21-5-4-6-24(13-21)36-3)27-25-14-22(15-26(25)30-17-31-27)20-7-9-23(29)10-8-20/h4-10,13-14,17-19H,11-12,15-16H2,1-3H3,(H,32,35)/t18-,19+/m1/s1. The fourth-order valence-electron chi connectivity index (χ4n) is 4.93. The molecule has 2 amide bonds. The molecule has 186 valence electrons. The van der Waals surface area contributed by atoms with E-state index in [4.69, 9.17) is 4.74 Å².